The van der Waals surface area contributed by atoms with Crippen molar-refractivity contribution in [3.05, 3.63) is 46.6 Å². The van der Waals surface area contributed by atoms with Crippen molar-refractivity contribution in [2.24, 2.45) is 5.41 Å². The van der Waals surface area contributed by atoms with E-state index in [9.17, 15) is 14.7 Å². The molecule has 1 saturated heterocycles. The van der Waals surface area contributed by atoms with Gasteiger partial charge in [-0.1, -0.05) is 11.6 Å². The van der Waals surface area contributed by atoms with Crippen LogP contribution in [-0.4, -0.2) is 46.5 Å². The molecule has 4 fully saturated rings. The maximum Gasteiger partial charge on any atom is 0.261 e. The van der Waals surface area contributed by atoms with Crippen molar-refractivity contribution < 1.29 is 23.8 Å². The first kappa shape index (κ1) is 20.2. The van der Waals surface area contributed by atoms with E-state index in [-0.39, 0.29) is 35.0 Å². The molecular formula is C23H24ClN3O5. The Bertz CT molecular complexity index is 1090. The predicted octanol–water partition coefficient (Wildman–Crippen LogP) is 2.51. The first-order valence-electron chi connectivity index (χ1n) is 11.0. The molecule has 0 spiro atoms. The van der Waals surface area contributed by atoms with Crippen molar-refractivity contribution in [1.29, 1.82) is 0 Å². The molecule has 1 amide bonds. The smallest absolute Gasteiger partial charge is 0.261 e. The van der Waals surface area contributed by atoms with Gasteiger partial charge in [-0.2, -0.15) is 0 Å². The molecule has 2 aliphatic heterocycles. The molecule has 8 nitrogen and oxygen atoms in total. The first-order chi connectivity index (χ1) is 15.3. The van der Waals surface area contributed by atoms with E-state index in [1.54, 1.807) is 18.2 Å². The van der Waals surface area contributed by atoms with E-state index in [4.69, 9.17) is 20.8 Å². The van der Waals surface area contributed by atoms with Crippen molar-refractivity contribution in [1.82, 2.24) is 15.6 Å². The summed E-state index contributed by atoms with van der Waals surface area (Å²) >= 11 is 5.99. The molecular weight excluding hydrogens is 434 g/mol. The predicted molar refractivity (Wildman–Crippen MR) is 114 cm³/mol. The summed E-state index contributed by atoms with van der Waals surface area (Å²) in [6, 6.07) is 5.02. The number of fused-ring (bicyclic) bond motifs is 1. The Morgan fingerprint density at radius 1 is 1.28 bits per heavy atom. The molecule has 3 saturated carbocycles. The highest BCUT2D eigenvalue weighted by atomic mass is 35.5. The summed E-state index contributed by atoms with van der Waals surface area (Å²) in [7, 11) is 0. The van der Waals surface area contributed by atoms with Gasteiger partial charge in [0.15, 0.2) is 17.6 Å². The summed E-state index contributed by atoms with van der Waals surface area (Å²) < 4.78 is 11.5. The average Bonchev–Trinajstić information content (AvgIpc) is 3.13. The minimum absolute atomic E-state index is 0.0235. The number of aromatic nitrogens is 1. The van der Waals surface area contributed by atoms with E-state index in [0.717, 1.165) is 32.4 Å². The number of aliphatic hydroxyl groups excluding tert-OH is 1. The zero-order valence-electron chi connectivity index (χ0n) is 17.4. The van der Waals surface area contributed by atoms with Crippen LogP contribution in [0, 0.1) is 5.41 Å². The fourth-order valence-corrected chi connectivity index (χ4v) is 5.92. The van der Waals surface area contributed by atoms with Gasteiger partial charge in [0.25, 0.3) is 5.91 Å². The van der Waals surface area contributed by atoms with Crippen molar-refractivity contribution in [2.45, 2.75) is 55.8 Å². The number of halogens is 1. The van der Waals surface area contributed by atoms with Crippen LogP contribution < -0.4 is 15.4 Å². The molecule has 1 aromatic carbocycles. The third-order valence-corrected chi connectivity index (χ3v) is 7.56. The zero-order chi connectivity index (χ0) is 22.1. The SMILES string of the molecule is O=C(CC12CC(NC(=O)[C@H]3C[C@@H](O)c4cc(Cl)ccc4O3)(C1)C2)c1cnc(C2CNC2)o1. The number of carbonyl (C=O) groups is 2. The topological polar surface area (TPSA) is 114 Å². The number of nitrogens with one attached hydrogen (secondary N) is 2. The fourth-order valence-electron chi connectivity index (χ4n) is 5.74. The van der Waals surface area contributed by atoms with Gasteiger partial charge < -0.3 is 24.9 Å². The van der Waals surface area contributed by atoms with Gasteiger partial charge in [0.1, 0.15) is 5.75 Å². The van der Waals surface area contributed by atoms with Crippen molar-refractivity contribution in [3.8, 4) is 5.75 Å². The van der Waals surface area contributed by atoms with Crippen molar-refractivity contribution in [2.75, 3.05) is 13.1 Å². The zero-order valence-corrected chi connectivity index (χ0v) is 18.2. The maximum absolute atomic E-state index is 12.8. The Morgan fingerprint density at radius 3 is 2.78 bits per heavy atom. The summed E-state index contributed by atoms with van der Waals surface area (Å²) in [5, 5.41) is 17.2. The van der Waals surface area contributed by atoms with Gasteiger partial charge in [-0.05, 0) is 42.9 Å². The minimum Gasteiger partial charge on any atom is -0.480 e. The lowest BCUT2D eigenvalue weighted by molar-refractivity contribution is -0.168. The van der Waals surface area contributed by atoms with Crippen molar-refractivity contribution >= 4 is 23.3 Å². The Labute approximate surface area is 189 Å². The van der Waals surface area contributed by atoms with Gasteiger partial charge in [-0.15, -0.1) is 0 Å². The van der Waals surface area contributed by atoms with E-state index in [1.807, 2.05) is 0 Å². The van der Waals surface area contributed by atoms with Crippen molar-refractivity contribution in [3.63, 3.8) is 0 Å². The number of amides is 1. The molecule has 7 rings (SSSR count). The molecule has 0 unspecified atom stereocenters. The molecule has 2 atom stereocenters. The lowest BCUT2D eigenvalue weighted by Gasteiger charge is -2.70. The number of ether oxygens (including phenoxy) is 1. The molecule has 3 aliphatic carbocycles. The molecule has 2 bridgehead atoms. The van der Waals surface area contributed by atoms with Crippen LogP contribution in [0.1, 0.15) is 66.1 Å². The maximum atomic E-state index is 12.8. The van der Waals surface area contributed by atoms with Crippen LogP contribution in [0.5, 0.6) is 5.75 Å². The molecule has 9 heteroatoms. The summed E-state index contributed by atoms with van der Waals surface area (Å²) in [6.45, 7) is 1.67. The standard InChI is InChI=1S/C23H24ClN3O5/c24-13-1-2-17-14(3-13)15(28)4-18(31-17)20(30)27-23-9-22(10-23,11-23)5-16(29)19-8-26-21(32-19)12-6-25-7-12/h1-3,8,12,15,18,25,28H,4-7,9-11H2,(H,27,30)/t15-,18-,22?,23?/m1/s1. The lowest BCUT2D eigenvalue weighted by atomic mass is 9.38. The van der Waals surface area contributed by atoms with Crippen LogP contribution in [-0.2, 0) is 4.79 Å². The van der Waals surface area contributed by atoms with Crippen LogP contribution in [0.2, 0.25) is 5.02 Å². The number of hydrogen-bond acceptors (Lipinski definition) is 7. The Kier molecular flexibility index (Phi) is 4.44. The van der Waals surface area contributed by atoms with E-state index in [0.29, 0.717) is 34.4 Å². The number of nitrogens with zero attached hydrogens (tertiary/aromatic N) is 1. The quantitative estimate of drug-likeness (QED) is 0.571. The lowest BCUT2D eigenvalue weighted by Crippen LogP contribution is -2.75. The molecule has 3 heterocycles. The van der Waals surface area contributed by atoms with Gasteiger partial charge in [0.2, 0.25) is 5.89 Å². The Balaban J connectivity index is 1.03. The molecule has 2 aromatic rings. The Hall–Kier alpha value is -2.42. The largest absolute Gasteiger partial charge is 0.480 e. The summed E-state index contributed by atoms with van der Waals surface area (Å²) in [6.07, 6.45) is 2.89. The Morgan fingerprint density at radius 2 is 2.06 bits per heavy atom. The second-order valence-electron chi connectivity index (χ2n) is 9.86. The van der Waals surface area contributed by atoms with Crippen LogP contribution in [0.25, 0.3) is 0 Å². The average molecular weight is 458 g/mol. The molecule has 168 valence electrons. The van der Waals surface area contributed by atoms with Crippen LogP contribution in [0.4, 0.5) is 0 Å². The number of hydrogen-bond donors (Lipinski definition) is 3. The van der Waals surface area contributed by atoms with Gasteiger partial charge in [-0.3, -0.25) is 9.59 Å². The van der Waals surface area contributed by atoms with Crippen LogP contribution in [0.15, 0.2) is 28.8 Å². The summed E-state index contributed by atoms with van der Waals surface area (Å²) in [5.41, 5.74) is 0.274. The molecule has 32 heavy (non-hydrogen) atoms. The number of rotatable bonds is 6. The van der Waals surface area contributed by atoms with Gasteiger partial charge >= 0.3 is 0 Å². The number of ketones is 1. The van der Waals surface area contributed by atoms with Crippen LogP contribution >= 0.6 is 11.6 Å². The van der Waals surface area contributed by atoms with Gasteiger partial charge in [0, 0.05) is 42.1 Å². The first-order valence-corrected chi connectivity index (χ1v) is 11.4. The van der Waals surface area contributed by atoms with E-state index in [2.05, 4.69) is 15.6 Å². The van der Waals surface area contributed by atoms with E-state index < -0.39 is 12.2 Å². The number of carbonyl (C=O) groups excluding carboxylic acids is 2. The number of Topliss-reactive ketones (excluding diaryl/α,β-unsaturated/α-hetero) is 1. The monoisotopic (exact) mass is 457 g/mol. The highest BCUT2D eigenvalue weighted by molar-refractivity contribution is 6.30. The molecule has 0 radical (unpaired) electrons. The van der Waals surface area contributed by atoms with E-state index >= 15 is 0 Å². The van der Waals surface area contributed by atoms with E-state index in [1.165, 1.54) is 6.20 Å². The van der Waals surface area contributed by atoms with Crippen LogP contribution in [0.3, 0.4) is 0 Å². The normalized spacial score (nSPS) is 32.6. The van der Waals surface area contributed by atoms with Gasteiger partial charge in [-0.25, -0.2) is 4.98 Å². The summed E-state index contributed by atoms with van der Waals surface area (Å²) in [4.78, 5) is 29.8. The highest BCUT2D eigenvalue weighted by Gasteiger charge is 2.69. The third kappa shape index (κ3) is 3.24. The number of aliphatic hydroxyl groups is 1. The number of oxazole rings is 1. The second kappa shape index (κ2) is 7.04. The molecule has 3 N–H and O–H groups in total. The van der Waals surface area contributed by atoms with Gasteiger partial charge in [0.05, 0.1) is 18.2 Å². The fraction of sp³-hybridized carbons (Fsp3) is 0.522. The number of benzene rings is 1. The third-order valence-electron chi connectivity index (χ3n) is 7.32. The molecule has 5 aliphatic rings. The second-order valence-corrected chi connectivity index (χ2v) is 10.3. The summed E-state index contributed by atoms with van der Waals surface area (Å²) in [5.74, 6) is 1.46. The minimum atomic E-state index is -0.798. The highest BCUT2D eigenvalue weighted by Crippen LogP contribution is 2.69. The molecule has 1 aromatic heterocycles.